The molecule has 2 aliphatic heterocycles. The topological polar surface area (TPSA) is 85.4 Å². The highest BCUT2D eigenvalue weighted by atomic mass is 19.1. The molecule has 1 N–H and O–H groups in total. The summed E-state index contributed by atoms with van der Waals surface area (Å²) in [5, 5.41) is 24.1. The summed E-state index contributed by atoms with van der Waals surface area (Å²) in [4.78, 5) is 16.8. The Morgan fingerprint density at radius 2 is 1.88 bits per heavy atom. The molecule has 0 spiro atoms. The molecule has 8 heteroatoms. The van der Waals surface area contributed by atoms with E-state index in [0.29, 0.717) is 31.0 Å². The number of halogens is 1. The van der Waals surface area contributed by atoms with Gasteiger partial charge in [0.1, 0.15) is 11.9 Å². The second kappa shape index (κ2) is 13.2. The lowest BCUT2D eigenvalue weighted by atomic mass is 9.87. The fourth-order valence-electron chi connectivity index (χ4n) is 7.15. The van der Waals surface area contributed by atoms with Crippen LogP contribution in [0.5, 0.6) is 0 Å². The molecular formula is C34H42FN5O2. The molecule has 2 aromatic carbocycles. The van der Waals surface area contributed by atoms with E-state index in [2.05, 4.69) is 33.5 Å². The van der Waals surface area contributed by atoms with Crippen LogP contribution in [0.25, 0.3) is 0 Å². The van der Waals surface area contributed by atoms with E-state index in [0.717, 1.165) is 55.8 Å². The number of aromatic nitrogens is 2. The molecule has 7 nitrogen and oxygen atoms in total. The number of carboxylic acid groups (broad SMARTS) is 1. The zero-order chi connectivity index (χ0) is 29.8. The van der Waals surface area contributed by atoms with Crippen LogP contribution in [0.2, 0.25) is 0 Å². The number of carboxylic acids is 1. The Kier molecular flexibility index (Phi) is 9.40. The second-order valence-electron chi connectivity index (χ2n) is 12.3. The van der Waals surface area contributed by atoms with Crippen molar-refractivity contribution >= 4 is 5.97 Å². The molecule has 3 atom stereocenters. The first-order valence-corrected chi connectivity index (χ1v) is 15.3. The zero-order valence-electron chi connectivity index (χ0n) is 24.9. The second-order valence-corrected chi connectivity index (χ2v) is 12.3. The lowest BCUT2D eigenvalue weighted by molar-refractivity contribution is -0.144. The summed E-state index contributed by atoms with van der Waals surface area (Å²) in [5.74, 6) is -0.260. The SMILES string of the molecule is CCn1nc(Cc2cccc(C#N)c2)cc1C1CCN(C[C@H]2CN([C@@H](C(=O)O)C(C)C)C[C@@H]2c2cccc(F)c2)CC1. The van der Waals surface area contributed by atoms with Gasteiger partial charge in [0.2, 0.25) is 0 Å². The first-order valence-electron chi connectivity index (χ1n) is 15.3. The number of nitriles is 1. The molecular weight excluding hydrogens is 529 g/mol. The van der Waals surface area contributed by atoms with Gasteiger partial charge in [-0.3, -0.25) is 14.4 Å². The third-order valence-electron chi connectivity index (χ3n) is 9.13. The molecule has 1 aromatic heterocycles. The minimum absolute atomic E-state index is 0.00579. The molecule has 0 bridgehead atoms. The van der Waals surface area contributed by atoms with Crippen LogP contribution in [0.15, 0.2) is 54.6 Å². The molecule has 3 heterocycles. The predicted molar refractivity (Wildman–Crippen MR) is 161 cm³/mol. The van der Waals surface area contributed by atoms with Crippen molar-refractivity contribution in [1.82, 2.24) is 19.6 Å². The molecule has 0 aliphatic carbocycles. The standard InChI is InChI=1S/C34H42FN5O2/c1-4-40-32(18-30(37-40)16-24-7-5-8-25(15-24)19-36)26-11-13-38(14-12-26)20-28-21-39(33(23(2)3)34(41)42)22-31(28)27-9-6-10-29(35)17-27/h5-10,15,17-18,23,26,28,31,33H,4,11-14,16,20-22H2,1-3H3,(H,41,42)/t28-,31+,33+/m0/s1. The zero-order valence-corrected chi connectivity index (χ0v) is 24.9. The molecule has 5 rings (SSSR count). The van der Waals surface area contributed by atoms with Crippen LogP contribution in [0, 0.1) is 29.0 Å². The van der Waals surface area contributed by atoms with Gasteiger partial charge in [0.25, 0.3) is 0 Å². The van der Waals surface area contributed by atoms with Crippen LogP contribution in [-0.2, 0) is 17.8 Å². The van der Waals surface area contributed by atoms with Gasteiger partial charge < -0.3 is 10.0 Å². The van der Waals surface area contributed by atoms with Crippen molar-refractivity contribution in [1.29, 1.82) is 5.26 Å². The van der Waals surface area contributed by atoms with Crippen molar-refractivity contribution < 1.29 is 14.3 Å². The molecule has 2 fully saturated rings. The summed E-state index contributed by atoms with van der Waals surface area (Å²) in [6.45, 7) is 11.0. The van der Waals surface area contributed by atoms with E-state index in [1.54, 1.807) is 12.1 Å². The summed E-state index contributed by atoms with van der Waals surface area (Å²) in [6.07, 6.45) is 2.79. The van der Waals surface area contributed by atoms with Crippen LogP contribution in [0.3, 0.4) is 0 Å². The molecule has 0 unspecified atom stereocenters. The van der Waals surface area contributed by atoms with Crippen molar-refractivity contribution in [2.75, 3.05) is 32.7 Å². The van der Waals surface area contributed by atoms with Gasteiger partial charge in [-0.15, -0.1) is 0 Å². The van der Waals surface area contributed by atoms with E-state index in [9.17, 15) is 19.6 Å². The number of aliphatic carboxylic acids is 1. The van der Waals surface area contributed by atoms with Crippen LogP contribution >= 0.6 is 0 Å². The van der Waals surface area contributed by atoms with E-state index < -0.39 is 12.0 Å². The lowest BCUT2D eigenvalue weighted by Crippen LogP contribution is -2.44. The average Bonchev–Trinajstić information content (AvgIpc) is 3.57. The first-order chi connectivity index (χ1) is 20.2. The van der Waals surface area contributed by atoms with Crippen molar-refractivity contribution in [3.8, 4) is 6.07 Å². The lowest BCUT2D eigenvalue weighted by Gasteiger charge is -2.35. The third kappa shape index (κ3) is 6.74. The van der Waals surface area contributed by atoms with Gasteiger partial charge in [0.05, 0.1) is 17.3 Å². The number of hydrogen-bond donors (Lipinski definition) is 1. The maximum Gasteiger partial charge on any atom is 0.321 e. The Hall–Kier alpha value is -3.54. The Labute approximate surface area is 248 Å². The molecule has 2 saturated heterocycles. The summed E-state index contributed by atoms with van der Waals surface area (Å²) < 4.78 is 16.3. The Balaban J connectivity index is 1.26. The van der Waals surface area contributed by atoms with Crippen molar-refractivity contribution in [3.05, 3.63) is 88.5 Å². The molecule has 0 amide bonds. The molecule has 222 valence electrons. The van der Waals surface area contributed by atoms with Gasteiger partial charge in [0, 0.05) is 50.1 Å². The highest BCUT2D eigenvalue weighted by Gasteiger charge is 2.41. The van der Waals surface area contributed by atoms with Gasteiger partial charge in [-0.25, -0.2) is 4.39 Å². The normalized spacial score (nSPS) is 21.0. The highest BCUT2D eigenvalue weighted by molar-refractivity contribution is 5.73. The van der Waals surface area contributed by atoms with E-state index in [-0.39, 0.29) is 23.6 Å². The van der Waals surface area contributed by atoms with Gasteiger partial charge in [0.15, 0.2) is 0 Å². The summed E-state index contributed by atoms with van der Waals surface area (Å²) in [7, 11) is 0. The number of piperidine rings is 1. The Morgan fingerprint density at radius 1 is 1.12 bits per heavy atom. The number of likely N-dealkylation sites (tertiary alicyclic amines) is 2. The molecule has 3 aromatic rings. The maximum atomic E-state index is 14.2. The Bertz CT molecular complexity index is 1420. The van der Waals surface area contributed by atoms with Crippen molar-refractivity contribution in [2.24, 2.45) is 11.8 Å². The smallest absolute Gasteiger partial charge is 0.321 e. The number of rotatable bonds is 10. The fraction of sp³-hybridized carbons (Fsp3) is 0.500. The fourth-order valence-corrected chi connectivity index (χ4v) is 7.15. The van der Waals surface area contributed by atoms with Crippen LogP contribution in [-0.4, -0.2) is 69.4 Å². The first kappa shape index (κ1) is 29.9. The van der Waals surface area contributed by atoms with Crippen LogP contribution in [0.1, 0.15) is 73.5 Å². The molecule has 42 heavy (non-hydrogen) atoms. The van der Waals surface area contributed by atoms with Gasteiger partial charge in [-0.1, -0.05) is 38.1 Å². The summed E-state index contributed by atoms with van der Waals surface area (Å²) in [6, 6.07) is 18.5. The summed E-state index contributed by atoms with van der Waals surface area (Å²) in [5.41, 5.74) is 5.05. The van der Waals surface area contributed by atoms with Gasteiger partial charge in [-0.05, 0) is 86.1 Å². The maximum absolute atomic E-state index is 14.2. The van der Waals surface area contributed by atoms with Crippen molar-refractivity contribution in [3.63, 3.8) is 0 Å². The molecule has 0 saturated carbocycles. The van der Waals surface area contributed by atoms with Gasteiger partial charge in [-0.2, -0.15) is 10.4 Å². The van der Waals surface area contributed by atoms with Gasteiger partial charge >= 0.3 is 5.97 Å². The number of hydrogen-bond acceptors (Lipinski definition) is 5. The third-order valence-corrected chi connectivity index (χ3v) is 9.13. The van der Waals surface area contributed by atoms with E-state index in [4.69, 9.17) is 5.10 Å². The largest absolute Gasteiger partial charge is 0.480 e. The summed E-state index contributed by atoms with van der Waals surface area (Å²) >= 11 is 0. The highest BCUT2D eigenvalue weighted by Crippen LogP contribution is 2.37. The number of benzene rings is 2. The molecule has 2 aliphatic rings. The molecule has 0 radical (unpaired) electrons. The Morgan fingerprint density at radius 3 is 2.55 bits per heavy atom. The average molecular weight is 572 g/mol. The minimum atomic E-state index is -0.783. The van der Waals surface area contributed by atoms with Crippen LogP contribution in [0.4, 0.5) is 4.39 Å². The van der Waals surface area contributed by atoms with E-state index >= 15 is 0 Å². The number of aryl methyl sites for hydroxylation is 1. The van der Waals surface area contributed by atoms with E-state index in [1.807, 2.05) is 44.2 Å². The predicted octanol–water partition coefficient (Wildman–Crippen LogP) is 5.51. The minimum Gasteiger partial charge on any atom is -0.480 e. The van der Waals surface area contributed by atoms with Crippen LogP contribution < -0.4 is 0 Å². The van der Waals surface area contributed by atoms with Crippen molar-refractivity contribution in [2.45, 2.75) is 64.5 Å². The van der Waals surface area contributed by atoms with E-state index in [1.165, 1.54) is 11.8 Å². The number of nitrogens with zero attached hydrogens (tertiary/aromatic N) is 5. The quantitative estimate of drug-likeness (QED) is 0.346. The number of carbonyl (C=O) groups is 1. The monoisotopic (exact) mass is 571 g/mol.